The van der Waals surface area contributed by atoms with Crippen molar-refractivity contribution in [2.75, 3.05) is 31.6 Å². The molecule has 8 nitrogen and oxygen atoms in total. The third-order valence-corrected chi connectivity index (χ3v) is 13.3. The Kier molecular flexibility index (Phi) is 10.5. The predicted octanol–water partition coefficient (Wildman–Crippen LogP) is 9.73. The molecule has 3 heterocycles. The lowest BCUT2D eigenvalue weighted by molar-refractivity contribution is 0.0943. The number of hydrogen-bond donors (Lipinski definition) is 0. The minimum Gasteiger partial charge on any atom is -0.361 e. The Morgan fingerprint density at radius 1 is 0.833 bits per heavy atom. The molecule has 0 radical (unpaired) electrons. The molecule has 1 aromatic carbocycles. The molecular formula is C38H52N6O2Si2. The molecule has 0 spiro atoms. The lowest BCUT2D eigenvalue weighted by Gasteiger charge is -2.31. The standard InChI is InChI=1S/C38H52N6O2Si2/c1-39-36-35(32-22-28-13-14-29(21-28)23-32)42-37-33(31-15-16-34(40-24-31)30-11-9-8-10-12-30)25-41-44(37)38(36)43(26-45-17-19-47(2,3)4)27-46-18-20-48(5,6)7/h8-12,15-16,24-25,28-29,32H,13-14,17-23,26-27H2,2-7H3/t28-,29+,32?. The van der Waals surface area contributed by atoms with Crippen molar-refractivity contribution < 1.29 is 9.47 Å². The molecule has 2 bridgehead atoms. The highest BCUT2D eigenvalue weighted by molar-refractivity contribution is 6.76. The van der Waals surface area contributed by atoms with Crippen LogP contribution in [-0.2, 0) is 9.47 Å². The summed E-state index contributed by atoms with van der Waals surface area (Å²) in [6.45, 7) is 24.8. The molecular weight excluding hydrogens is 629 g/mol. The van der Waals surface area contributed by atoms with E-state index >= 15 is 0 Å². The smallest absolute Gasteiger partial charge is 0.249 e. The predicted molar refractivity (Wildman–Crippen MR) is 201 cm³/mol. The summed E-state index contributed by atoms with van der Waals surface area (Å²) in [6.07, 6.45) is 9.89. The number of aromatic nitrogens is 4. The van der Waals surface area contributed by atoms with Crippen molar-refractivity contribution >= 4 is 33.3 Å². The average Bonchev–Trinajstić information content (AvgIpc) is 3.64. The summed E-state index contributed by atoms with van der Waals surface area (Å²) >= 11 is 0. The molecule has 2 aliphatic carbocycles. The quantitative estimate of drug-likeness (QED) is 0.0572. The van der Waals surface area contributed by atoms with E-state index < -0.39 is 16.1 Å². The van der Waals surface area contributed by atoms with E-state index in [0.717, 1.165) is 76.3 Å². The molecule has 3 atom stereocenters. The summed E-state index contributed by atoms with van der Waals surface area (Å²) in [5.74, 6) is 2.43. The van der Waals surface area contributed by atoms with Crippen LogP contribution in [0.1, 0.15) is 43.7 Å². The SMILES string of the molecule is [C-]#[N+]c1c(C2C[C@H]3CC[C@@H](C2)C3)nc2c(-c3ccc(-c4ccccc4)nc3)cnn2c1N(COCC[Si](C)(C)C)COCC[Si](C)(C)C. The van der Waals surface area contributed by atoms with Crippen LogP contribution in [0.5, 0.6) is 0 Å². The highest BCUT2D eigenvalue weighted by Gasteiger charge is 2.38. The van der Waals surface area contributed by atoms with Crippen LogP contribution in [0, 0.1) is 18.4 Å². The zero-order chi connectivity index (χ0) is 33.9. The van der Waals surface area contributed by atoms with Gasteiger partial charge in [0.2, 0.25) is 5.69 Å². The number of anilines is 1. The van der Waals surface area contributed by atoms with E-state index in [2.05, 4.69) is 73.3 Å². The Labute approximate surface area is 288 Å². The number of rotatable bonds is 14. The van der Waals surface area contributed by atoms with Gasteiger partial charge in [0, 0.05) is 52.2 Å². The highest BCUT2D eigenvalue weighted by atomic mass is 28.3. The lowest BCUT2D eigenvalue weighted by Crippen LogP contribution is -2.33. The van der Waals surface area contributed by atoms with Crippen LogP contribution < -0.4 is 4.90 Å². The maximum Gasteiger partial charge on any atom is 0.249 e. The molecule has 4 aromatic rings. The van der Waals surface area contributed by atoms with Crippen molar-refractivity contribution in [1.29, 1.82) is 0 Å². The molecule has 2 aliphatic rings. The van der Waals surface area contributed by atoms with Crippen LogP contribution in [-0.4, -0.2) is 62.4 Å². The van der Waals surface area contributed by atoms with Gasteiger partial charge in [-0.25, -0.2) is 14.3 Å². The first-order valence-electron chi connectivity index (χ1n) is 17.7. The molecule has 2 fully saturated rings. The second kappa shape index (κ2) is 14.6. The van der Waals surface area contributed by atoms with Gasteiger partial charge in [0.25, 0.3) is 0 Å². The number of fused-ring (bicyclic) bond motifs is 3. The Bertz CT molecular complexity index is 1690. The minimum absolute atomic E-state index is 0.257. The van der Waals surface area contributed by atoms with E-state index in [1.54, 1.807) is 0 Å². The van der Waals surface area contributed by atoms with Crippen molar-refractivity contribution in [2.24, 2.45) is 11.8 Å². The molecule has 3 aromatic heterocycles. The van der Waals surface area contributed by atoms with Gasteiger partial charge >= 0.3 is 0 Å². The zero-order valence-electron chi connectivity index (χ0n) is 29.7. The van der Waals surface area contributed by atoms with E-state index in [1.165, 1.54) is 19.3 Å². The first-order valence-corrected chi connectivity index (χ1v) is 25.1. The van der Waals surface area contributed by atoms with Crippen molar-refractivity contribution in [2.45, 2.75) is 89.4 Å². The number of hydrogen-bond acceptors (Lipinski definition) is 6. The molecule has 48 heavy (non-hydrogen) atoms. The Balaban J connectivity index is 1.42. The first kappa shape index (κ1) is 34.5. The first-order chi connectivity index (χ1) is 23.0. The monoisotopic (exact) mass is 680 g/mol. The van der Waals surface area contributed by atoms with Crippen molar-refractivity contribution in [3.05, 3.63) is 72.0 Å². The molecule has 10 heteroatoms. The molecule has 254 valence electrons. The fourth-order valence-electron chi connectivity index (χ4n) is 7.20. The van der Waals surface area contributed by atoms with Crippen molar-refractivity contribution in [1.82, 2.24) is 19.6 Å². The second-order valence-corrected chi connectivity index (χ2v) is 27.6. The van der Waals surface area contributed by atoms with Crippen LogP contribution in [0.25, 0.3) is 32.9 Å². The van der Waals surface area contributed by atoms with Crippen LogP contribution in [0.15, 0.2) is 54.9 Å². The topological polar surface area (TPSA) is 69.1 Å². The highest BCUT2D eigenvalue weighted by Crippen LogP contribution is 2.51. The molecule has 6 rings (SSSR count). The fraction of sp³-hybridized carbons (Fsp3) is 0.526. The van der Waals surface area contributed by atoms with Crippen molar-refractivity contribution in [3.63, 3.8) is 0 Å². The normalized spacial score (nSPS) is 19.5. The molecule has 0 amide bonds. The van der Waals surface area contributed by atoms with E-state index in [1.807, 2.05) is 35.1 Å². The Morgan fingerprint density at radius 3 is 2.04 bits per heavy atom. The minimum atomic E-state index is -1.27. The van der Waals surface area contributed by atoms with E-state index in [4.69, 9.17) is 31.1 Å². The van der Waals surface area contributed by atoms with Gasteiger partial charge in [-0.1, -0.05) is 88.5 Å². The summed E-state index contributed by atoms with van der Waals surface area (Å²) in [7, 11) is -2.55. The Morgan fingerprint density at radius 2 is 1.48 bits per heavy atom. The second-order valence-electron chi connectivity index (χ2n) is 16.3. The molecule has 0 N–H and O–H groups in total. The maximum atomic E-state index is 8.53. The van der Waals surface area contributed by atoms with E-state index in [-0.39, 0.29) is 5.92 Å². The summed E-state index contributed by atoms with van der Waals surface area (Å²) in [5, 5.41) is 4.91. The van der Waals surface area contributed by atoms with Gasteiger partial charge in [-0.3, -0.25) is 4.98 Å². The molecule has 2 saturated carbocycles. The number of ether oxygens (including phenoxy) is 2. The van der Waals surface area contributed by atoms with E-state index in [9.17, 15) is 0 Å². The number of pyridine rings is 1. The zero-order valence-corrected chi connectivity index (χ0v) is 31.7. The van der Waals surface area contributed by atoms with Crippen LogP contribution in [0.4, 0.5) is 11.5 Å². The largest absolute Gasteiger partial charge is 0.361 e. The fourth-order valence-corrected chi connectivity index (χ4v) is 8.71. The van der Waals surface area contributed by atoms with Gasteiger partial charge in [0.1, 0.15) is 19.3 Å². The summed E-state index contributed by atoms with van der Waals surface area (Å²) < 4.78 is 14.6. The van der Waals surface area contributed by atoms with Gasteiger partial charge < -0.3 is 14.4 Å². The van der Waals surface area contributed by atoms with Gasteiger partial charge in [-0.05, 0) is 55.2 Å². The average molecular weight is 681 g/mol. The third kappa shape index (κ3) is 8.25. The lowest BCUT2D eigenvalue weighted by atomic mass is 9.79. The van der Waals surface area contributed by atoms with Crippen molar-refractivity contribution in [3.8, 4) is 22.4 Å². The molecule has 1 unspecified atom stereocenters. The molecule has 0 aliphatic heterocycles. The van der Waals surface area contributed by atoms with Crippen LogP contribution in [0.3, 0.4) is 0 Å². The number of benzene rings is 1. The summed E-state index contributed by atoms with van der Waals surface area (Å²) in [6, 6.07) is 16.6. The van der Waals surface area contributed by atoms with Gasteiger partial charge in [0.15, 0.2) is 5.65 Å². The third-order valence-electron chi connectivity index (χ3n) is 9.94. The van der Waals surface area contributed by atoms with Gasteiger partial charge in [0.05, 0.1) is 24.2 Å². The maximum absolute atomic E-state index is 8.53. The van der Waals surface area contributed by atoms with Crippen LogP contribution in [0.2, 0.25) is 51.4 Å². The summed E-state index contributed by atoms with van der Waals surface area (Å²) in [5.41, 5.74) is 6.14. The van der Waals surface area contributed by atoms with E-state index in [0.29, 0.717) is 32.4 Å². The van der Waals surface area contributed by atoms with Gasteiger partial charge in [-0.2, -0.15) is 5.10 Å². The van der Waals surface area contributed by atoms with Crippen LogP contribution >= 0.6 is 0 Å². The summed E-state index contributed by atoms with van der Waals surface area (Å²) in [4.78, 5) is 16.5. The molecule has 0 saturated heterocycles. The number of nitrogens with zero attached hydrogens (tertiary/aromatic N) is 6. The van der Waals surface area contributed by atoms with Gasteiger partial charge in [-0.15, -0.1) is 0 Å². The Hall–Kier alpha value is -3.37.